The topological polar surface area (TPSA) is 59.3 Å². The van der Waals surface area contributed by atoms with E-state index >= 15 is 0 Å². The number of amides is 1. The first kappa shape index (κ1) is 13.1. The number of rotatable bonds is 3. The second-order valence-corrected chi connectivity index (χ2v) is 4.64. The van der Waals surface area contributed by atoms with Gasteiger partial charge in [0, 0.05) is 6.54 Å². The van der Waals surface area contributed by atoms with Gasteiger partial charge in [-0.15, -0.1) is 0 Å². The Bertz CT molecular complexity index is 837. The van der Waals surface area contributed by atoms with E-state index in [1.54, 1.807) is 24.3 Å². The summed E-state index contributed by atoms with van der Waals surface area (Å²) in [7, 11) is 0. The Hall–Kier alpha value is -2.88. The molecule has 104 valence electrons. The molecule has 0 atom stereocenters. The van der Waals surface area contributed by atoms with Crippen molar-refractivity contribution in [2.24, 2.45) is 0 Å². The van der Waals surface area contributed by atoms with Crippen LogP contribution in [0.25, 0.3) is 11.0 Å². The standard InChI is InChI=1S/C17H13NO3/c19-16-13-8-4-5-9-15(13)21-11-14(16)17(20)18-10-12-6-2-1-3-7-12/h1-9,11H,10H2,(H,18,20). The number of benzene rings is 2. The van der Waals surface area contributed by atoms with Crippen molar-refractivity contribution >= 4 is 16.9 Å². The molecule has 1 N–H and O–H groups in total. The molecule has 0 spiro atoms. The van der Waals surface area contributed by atoms with E-state index in [0.29, 0.717) is 17.5 Å². The van der Waals surface area contributed by atoms with Crippen molar-refractivity contribution in [3.8, 4) is 0 Å². The van der Waals surface area contributed by atoms with E-state index in [9.17, 15) is 9.59 Å². The Balaban J connectivity index is 1.85. The highest BCUT2D eigenvalue weighted by Gasteiger charge is 2.13. The van der Waals surface area contributed by atoms with Crippen LogP contribution < -0.4 is 10.7 Å². The summed E-state index contributed by atoms with van der Waals surface area (Å²) in [6.45, 7) is 0.367. The minimum Gasteiger partial charge on any atom is -0.463 e. The highest BCUT2D eigenvalue weighted by Crippen LogP contribution is 2.10. The molecule has 0 bridgehead atoms. The van der Waals surface area contributed by atoms with E-state index in [4.69, 9.17) is 4.42 Å². The van der Waals surface area contributed by atoms with E-state index in [0.717, 1.165) is 5.56 Å². The van der Waals surface area contributed by atoms with Gasteiger partial charge in [-0.2, -0.15) is 0 Å². The monoisotopic (exact) mass is 279 g/mol. The number of hydrogen-bond donors (Lipinski definition) is 1. The highest BCUT2D eigenvalue weighted by molar-refractivity contribution is 5.96. The zero-order valence-electron chi connectivity index (χ0n) is 11.2. The Morgan fingerprint density at radius 2 is 1.71 bits per heavy atom. The summed E-state index contributed by atoms with van der Waals surface area (Å²) in [6, 6.07) is 16.4. The van der Waals surface area contributed by atoms with E-state index in [2.05, 4.69) is 5.32 Å². The second-order valence-electron chi connectivity index (χ2n) is 4.64. The molecule has 21 heavy (non-hydrogen) atoms. The van der Waals surface area contributed by atoms with Gasteiger partial charge in [-0.25, -0.2) is 0 Å². The minimum atomic E-state index is -0.432. The Labute approximate surface area is 121 Å². The molecule has 1 heterocycles. The zero-order chi connectivity index (χ0) is 14.7. The molecule has 2 aromatic carbocycles. The van der Waals surface area contributed by atoms with Crippen LogP contribution in [-0.4, -0.2) is 5.91 Å². The third kappa shape index (κ3) is 2.69. The van der Waals surface area contributed by atoms with Crippen molar-refractivity contribution in [1.82, 2.24) is 5.32 Å². The fraction of sp³-hybridized carbons (Fsp3) is 0.0588. The first-order valence-electron chi connectivity index (χ1n) is 6.58. The predicted molar refractivity (Wildman–Crippen MR) is 80.1 cm³/mol. The van der Waals surface area contributed by atoms with Crippen molar-refractivity contribution in [3.05, 3.63) is 82.2 Å². The lowest BCUT2D eigenvalue weighted by molar-refractivity contribution is 0.0948. The van der Waals surface area contributed by atoms with Gasteiger partial charge in [0.25, 0.3) is 5.91 Å². The first-order chi connectivity index (χ1) is 10.3. The van der Waals surface area contributed by atoms with Crippen molar-refractivity contribution in [2.45, 2.75) is 6.54 Å². The van der Waals surface area contributed by atoms with Gasteiger partial charge in [-0.3, -0.25) is 9.59 Å². The van der Waals surface area contributed by atoms with Crippen LogP contribution in [0.2, 0.25) is 0 Å². The SMILES string of the molecule is O=C(NCc1ccccc1)c1coc2ccccc2c1=O. The Morgan fingerprint density at radius 1 is 1.00 bits per heavy atom. The van der Waals surface area contributed by atoms with Crippen LogP contribution in [-0.2, 0) is 6.54 Å². The third-order valence-corrected chi connectivity index (χ3v) is 3.22. The molecule has 3 rings (SSSR count). The molecular formula is C17H13NO3. The van der Waals surface area contributed by atoms with Gasteiger partial charge >= 0.3 is 0 Å². The van der Waals surface area contributed by atoms with Crippen molar-refractivity contribution in [3.63, 3.8) is 0 Å². The lowest BCUT2D eigenvalue weighted by Gasteiger charge is -2.05. The number of nitrogens with one attached hydrogen (secondary N) is 1. The van der Waals surface area contributed by atoms with Crippen LogP contribution in [0.1, 0.15) is 15.9 Å². The number of carbonyl (C=O) groups is 1. The summed E-state index contributed by atoms with van der Waals surface area (Å²) in [4.78, 5) is 24.4. The van der Waals surface area contributed by atoms with E-state index in [1.807, 2.05) is 30.3 Å². The van der Waals surface area contributed by atoms with Gasteiger partial charge < -0.3 is 9.73 Å². The molecule has 0 aliphatic carbocycles. The molecule has 0 fully saturated rings. The number of fused-ring (bicyclic) bond motifs is 1. The van der Waals surface area contributed by atoms with Gasteiger partial charge in [0.05, 0.1) is 5.39 Å². The average molecular weight is 279 g/mol. The second kappa shape index (κ2) is 5.63. The normalized spacial score (nSPS) is 10.5. The summed E-state index contributed by atoms with van der Waals surface area (Å²) in [5.74, 6) is -0.432. The third-order valence-electron chi connectivity index (χ3n) is 3.22. The Morgan fingerprint density at radius 3 is 2.52 bits per heavy atom. The lowest BCUT2D eigenvalue weighted by atomic mass is 10.1. The molecule has 0 radical (unpaired) electrons. The molecule has 0 aliphatic heterocycles. The minimum absolute atomic E-state index is 0.0182. The van der Waals surface area contributed by atoms with Crippen molar-refractivity contribution in [2.75, 3.05) is 0 Å². The van der Waals surface area contributed by atoms with Gasteiger partial charge in [0.15, 0.2) is 0 Å². The van der Waals surface area contributed by atoms with Crippen molar-refractivity contribution < 1.29 is 9.21 Å². The first-order valence-corrected chi connectivity index (χ1v) is 6.58. The molecule has 3 aromatic rings. The predicted octanol–water partition coefficient (Wildman–Crippen LogP) is 2.72. The van der Waals surface area contributed by atoms with Crippen LogP contribution in [0.4, 0.5) is 0 Å². The van der Waals surface area contributed by atoms with Crippen molar-refractivity contribution in [1.29, 1.82) is 0 Å². The van der Waals surface area contributed by atoms with Gasteiger partial charge in [0.1, 0.15) is 17.4 Å². The maximum atomic E-state index is 12.3. The quantitative estimate of drug-likeness (QED) is 0.802. The van der Waals surface area contributed by atoms with Gasteiger partial charge in [-0.1, -0.05) is 42.5 Å². The molecular weight excluding hydrogens is 266 g/mol. The lowest BCUT2D eigenvalue weighted by Crippen LogP contribution is -2.28. The largest absolute Gasteiger partial charge is 0.463 e. The molecule has 0 unspecified atom stereocenters. The maximum Gasteiger partial charge on any atom is 0.258 e. The number of hydrogen-bond acceptors (Lipinski definition) is 3. The molecule has 0 saturated carbocycles. The summed E-state index contributed by atoms with van der Waals surface area (Å²) in [6.07, 6.45) is 1.21. The summed E-state index contributed by atoms with van der Waals surface area (Å²) < 4.78 is 5.34. The Kier molecular flexibility index (Phi) is 3.51. The van der Waals surface area contributed by atoms with E-state index in [1.165, 1.54) is 6.26 Å². The summed E-state index contributed by atoms with van der Waals surface area (Å²) in [5.41, 5.74) is 1.14. The van der Waals surface area contributed by atoms with Crippen LogP contribution in [0.15, 0.2) is 70.1 Å². The molecule has 0 saturated heterocycles. The summed E-state index contributed by atoms with van der Waals surface area (Å²) >= 11 is 0. The highest BCUT2D eigenvalue weighted by atomic mass is 16.3. The fourth-order valence-electron chi connectivity index (χ4n) is 2.11. The average Bonchev–Trinajstić information content (AvgIpc) is 2.54. The molecule has 1 amide bonds. The molecule has 4 nitrogen and oxygen atoms in total. The molecule has 0 aliphatic rings. The fourth-order valence-corrected chi connectivity index (χ4v) is 2.11. The maximum absolute atomic E-state index is 12.3. The van der Waals surface area contributed by atoms with Crippen LogP contribution in [0, 0.1) is 0 Å². The van der Waals surface area contributed by atoms with Gasteiger partial charge in [-0.05, 0) is 17.7 Å². The molecule has 4 heteroatoms. The molecule has 1 aromatic heterocycles. The van der Waals surface area contributed by atoms with Crippen LogP contribution in [0.5, 0.6) is 0 Å². The number of para-hydroxylation sites is 1. The van der Waals surface area contributed by atoms with E-state index in [-0.39, 0.29) is 11.0 Å². The number of carbonyl (C=O) groups excluding carboxylic acids is 1. The van der Waals surface area contributed by atoms with Crippen LogP contribution >= 0.6 is 0 Å². The van der Waals surface area contributed by atoms with E-state index < -0.39 is 5.91 Å². The zero-order valence-corrected chi connectivity index (χ0v) is 11.2. The summed E-state index contributed by atoms with van der Waals surface area (Å²) in [5, 5.41) is 3.13. The van der Waals surface area contributed by atoms with Crippen LogP contribution in [0.3, 0.4) is 0 Å². The van der Waals surface area contributed by atoms with Gasteiger partial charge in [0.2, 0.25) is 5.43 Å². The smallest absolute Gasteiger partial charge is 0.258 e.